The molecule has 2 heterocycles. The molecule has 0 bridgehead atoms. The third-order valence-corrected chi connectivity index (χ3v) is 6.17. The van der Waals surface area contributed by atoms with Crippen molar-refractivity contribution in [3.63, 3.8) is 0 Å². The predicted octanol–water partition coefficient (Wildman–Crippen LogP) is 4.28. The maximum absolute atomic E-state index is 12.4. The number of pyridine rings is 1. The molecule has 1 unspecified atom stereocenters. The van der Waals surface area contributed by atoms with E-state index >= 15 is 0 Å². The van der Waals surface area contributed by atoms with Crippen LogP contribution in [-0.4, -0.2) is 27.4 Å². The molecule has 2 aromatic heterocycles. The van der Waals surface area contributed by atoms with Gasteiger partial charge in [-0.05, 0) is 68.6 Å². The minimum absolute atomic E-state index is 0.172. The number of aromatic nitrogens is 3. The first-order valence-corrected chi connectivity index (χ1v) is 10.4. The number of nitrogens with one attached hydrogen (secondary N) is 1. The zero-order chi connectivity index (χ0) is 19.2. The molecule has 5 heteroatoms. The second-order valence-electron chi connectivity index (χ2n) is 8.00. The predicted molar refractivity (Wildman–Crippen MR) is 109 cm³/mol. The van der Waals surface area contributed by atoms with Crippen LogP contribution in [0.1, 0.15) is 56.6 Å². The lowest BCUT2D eigenvalue weighted by Gasteiger charge is -2.29. The molecular formula is C23H28N4O. The highest BCUT2D eigenvalue weighted by atomic mass is 16.1. The van der Waals surface area contributed by atoms with Crippen molar-refractivity contribution in [3.05, 3.63) is 54.9 Å². The molecule has 2 aromatic rings. The van der Waals surface area contributed by atoms with Crippen LogP contribution in [0.25, 0.3) is 11.1 Å². The highest BCUT2D eigenvalue weighted by Crippen LogP contribution is 2.38. The number of carbonyl (C=O) groups excluding carboxylic acids is 1. The smallest absolute Gasteiger partial charge is 0.223 e. The van der Waals surface area contributed by atoms with Gasteiger partial charge in [-0.1, -0.05) is 12.2 Å². The summed E-state index contributed by atoms with van der Waals surface area (Å²) < 4.78 is 0. The third kappa shape index (κ3) is 4.46. The Morgan fingerprint density at radius 2 is 1.86 bits per heavy atom. The van der Waals surface area contributed by atoms with Gasteiger partial charge in [0.05, 0.1) is 5.69 Å². The molecule has 146 valence electrons. The molecule has 28 heavy (non-hydrogen) atoms. The maximum atomic E-state index is 12.4. The first kappa shape index (κ1) is 18.8. The van der Waals surface area contributed by atoms with Crippen molar-refractivity contribution in [1.82, 2.24) is 20.3 Å². The average Bonchev–Trinajstić information content (AvgIpc) is 2.79. The van der Waals surface area contributed by atoms with E-state index in [4.69, 9.17) is 0 Å². The van der Waals surface area contributed by atoms with E-state index in [1.165, 1.54) is 0 Å². The zero-order valence-corrected chi connectivity index (χ0v) is 16.3. The van der Waals surface area contributed by atoms with Gasteiger partial charge in [0.25, 0.3) is 0 Å². The summed E-state index contributed by atoms with van der Waals surface area (Å²) >= 11 is 0. The normalized spacial score (nSPS) is 24.6. The first-order valence-electron chi connectivity index (χ1n) is 10.4. The van der Waals surface area contributed by atoms with E-state index in [0.29, 0.717) is 11.8 Å². The lowest BCUT2D eigenvalue weighted by Crippen LogP contribution is -2.35. The fourth-order valence-electron chi connectivity index (χ4n) is 4.48. The molecule has 0 saturated heterocycles. The molecule has 1 atom stereocenters. The van der Waals surface area contributed by atoms with Gasteiger partial charge in [-0.2, -0.15) is 0 Å². The van der Waals surface area contributed by atoms with Gasteiger partial charge in [0.15, 0.2) is 0 Å². The monoisotopic (exact) mass is 376 g/mol. The van der Waals surface area contributed by atoms with Crippen LogP contribution in [0.4, 0.5) is 0 Å². The van der Waals surface area contributed by atoms with Crippen LogP contribution in [0.5, 0.6) is 0 Å². The van der Waals surface area contributed by atoms with Crippen LogP contribution in [0.3, 0.4) is 0 Å². The van der Waals surface area contributed by atoms with Gasteiger partial charge in [-0.15, -0.1) is 0 Å². The van der Waals surface area contributed by atoms with Crippen molar-refractivity contribution in [2.24, 2.45) is 11.8 Å². The summed E-state index contributed by atoms with van der Waals surface area (Å²) in [5.41, 5.74) is 3.39. The Labute approximate surface area is 166 Å². The van der Waals surface area contributed by atoms with Crippen molar-refractivity contribution < 1.29 is 4.79 Å². The molecule has 0 spiro atoms. The number of nitrogens with zero attached hydrogens (tertiary/aromatic N) is 3. The molecular weight excluding hydrogens is 348 g/mol. The Kier molecular flexibility index (Phi) is 6.10. The van der Waals surface area contributed by atoms with Crippen molar-refractivity contribution >= 4 is 5.91 Å². The number of allylic oxidation sites excluding steroid dienone is 2. The summed E-state index contributed by atoms with van der Waals surface area (Å²) in [6, 6.07) is 4.04. The SMILES string of the molecule is O=C(NCC1CCC(c2ncncc2-c2ccncc2)CC1)C1CC=CCC1. The molecule has 1 amide bonds. The number of rotatable bonds is 5. The van der Waals surface area contributed by atoms with Crippen molar-refractivity contribution in [2.75, 3.05) is 6.54 Å². The summed E-state index contributed by atoms with van der Waals surface area (Å²) in [6.45, 7) is 0.812. The fourth-order valence-corrected chi connectivity index (χ4v) is 4.48. The van der Waals surface area contributed by atoms with Crippen LogP contribution in [0.15, 0.2) is 49.2 Å². The van der Waals surface area contributed by atoms with E-state index in [2.05, 4.69) is 32.4 Å². The Balaban J connectivity index is 1.32. The van der Waals surface area contributed by atoms with Crippen LogP contribution in [-0.2, 0) is 4.79 Å². The average molecular weight is 377 g/mol. The van der Waals surface area contributed by atoms with Crippen LogP contribution in [0, 0.1) is 11.8 Å². The number of hydrogen-bond donors (Lipinski definition) is 1. The van der Waals surface area contributed by atoms with E-state index in [1.54, 1.807) is 6.33 Å². The lowest BCUT2D eigenvalue weighted by atomic mass is 9.79. The topological polar surface area (TPSA) is 67.8 Å². The van der Waals surface area contributed by atoms with Gasteiger partial charge < -0.3 is 5.32 Å². The highest BCUT2D eigenvalue weighted by molar-refractivity contribution is 5.79. The van der Waals surface area contributed by atoms with E-state index in [9.17, 15) is 4.79 Å². The van der Waals surface area contributed by atoms with Crippen LogP contribution >= 0.6 is 0 Å². The molecule has 0 radical (unpaired) electrons. The van der Waals surface area contributed by atoms with Gasteiger partial charge in [-0.25, -0.2) is 9.97 Å². The number of carbonyl (C=O) groups is 1. The Hall–Kier alpha value is -2.56. The van der Waals surface area contributed by atoms with E-state index in [0.717, 1.165) is 68.3 Å². The molecule has 5 nitrogen and oxygen atoms in total. The summed E-state index contributed by atoms with van der Waals surface area (Å²) in [5, 5.41) is 3.21. The van der Waals surface area contributed by atoms with E-state index in [-0.39, 0.29) is 11.8 Å². The maximum Gasteiger partial charge on any atom is 0.223 e. The largest absolute Gasteiger partial charge is 0.356 e. The standard InChI is InChI=1S/C23H28N4O/c28-23(20-4-2-1-3-5-20)26-14-17-6-8-19(9-7-17)22-21(15-25-16-27-22)18-10-12-24-13-11-18/h1-2,10-13,15-17,19-20H,3-9,14H2,(H,26,28). The minimum atomic E-state index is 0.172. The summed E-state index contributed by atoms with van der Waals surface area (Å²) in [5.74, 6) is 1.44. The van der Waals surface area contributed by atoms with Crippen LogP contribution in [0.2, 0.25) is 0 Å². The molecule has 4 rings (SSSR count). The molecule has 1 fully saturated rings. The summed E-state index contributed by atoms with van der Waals surface area (Å²) in [7, 11) is 0. The van der Waals surface area contributed by atoms with Gasteiger partial charge in [0.2, 0.25) is 5.91 Å². The first-order chi connectivity index (χ1) is 13.8. The summed E-state index contributed by atoms with van der Waals surface area (Å²) in [4.78, 5) is 25.3. The molecule has 1 N–H and O–H groups in total. The van der Waals surface area contributed by atoms with Crippen molar-refractivity contribution in [1.29, 1.82) is 0 Å². The zero-order valence-electron chi connectivity index (χ0n) is 16.3. The highest BCUT2D eigenvalue weighted by Gasteiger charge is 2.26. The van der Waals surface area contributed by atoms with Crippen molar-refractivity contribution in [2.45, 2.75) is 50.9 Å². The Morgan fingerprint density at radius 1 is 1.04 bits per heavy atom. The lowest BCUT2D eigenvalue weighted by molar-refractivity contribution is -0.125. The van der Waals surface area contributed by atoms with Crippen molar-refractivity contribution in [3.8, 4) is 11.1 Å². The Morgan fingerprint density at radius 3 is 2.61 bits per heavy atom. The van der Waals surface area contributed by atoms with E-state index < -0.39 is 0 Å². The fraction of sp³-hybridized carbons (Fsp3) is 0.478. The van der Waals surface area contributed by atoms with E-state index in [1.807, 2.05) is 30.7 Å². The third-order valence-electron chi connectivity index (χ3n) is 6.17. The number of amides is 1. The summed E-state index contributed by atoms with van der Waals surface area (Å²) in [6.07, 6.45) is 18.9. The number of hydrogen-bond acceptors (Lipinski definition) is 4. The molecule has 1 saturated carbocycles. The van der Waals surface area contributed by atoms with Gasteiger partial charge in [-0.3, -0.25) is 9.78 Å². The second-order valence-corrected chi connectivity index (χ2v) is 8.00. The quantitative estimate of drug-likeness (QED) is 0.791. The van der Waals surface area contributed by atoms with Gasteiger partial charge in [0.1, 0.15) is 6.33 Å². The second kappa shape index (κ2) is 9.09. The molecule has 2 aliphatic carbocycles. The van der Waals surface area contributed by atoms with Crippen LogP contribution < -0.4 is 5.32 Å². The molecule has 0 aromatic carbocycles. The molecule has 2 aliphatic rings. The minimum Gasteiger partial charge on any atom is -0.356 e. The van der Waals surface area contributed by atoms with Gasteiger partial charge in [0, 0.05) is 42.5 Å². The molecule has 0 aliphatic heterocycles. The van der Waals surface area contributed by atoms with Gasteiger partial charge >= 0.3 is 0 Å². The Bertz CT molecular complexity index is 812.